The third-order valence-corrected chi connectivity index (χ3v) is 2.77. The predicted molar refractivity (Wildman–Crippen MR) is 36.2 cm³/mol. The molecule has 1 nitrogen and oxygen atoms in total. The molecule has 0 radical (unpaired) electrons. The lowest BCUT2D eigenvalue weighted by Crippen LogP contribution is -2.46. The first kappa shape index (κ1) is 5.72. The Labute approximate surface area is 56.4 Å². The van der Waals surface area contributed by atoms with Gasteiger partial charge in [-0.15, -0.1) is 0 Å². The molecule has 1 aliphatic carbocycles. The van der Waals surface area contributed by atoms with Gasteiger partial charge in [-0.05, 0) is 24.2 Å². The molecule has 1 aliphatic heterocycles. The highest BCUT2D eigenvalue weighted by atomic mass is 16.5. The number of fused-ring (bicyclic) bond motifs is 1. The summed E-state index contributed by atoms with van der Waals surface area (Å²) < 4.78 is 5.57. The van der Waals surface area contributed by atoms with Crippen molar-refractivity contribution in [1.29, 1.82) is 0 Å². The van der Waals surface area contributed by atoms with Gasteiger partial charge in [-0.25, -0.2) is 0 Å². The van der Waals surface area contributed by atoms with Gasteiger partial charge in [0, 0.05) is 6.61 Å². The minimum Gasteiger partial charge on any atom is -0.377 e. The van der Waals surface area contributed by atoms with E-state index in [9.17, 15) is 0 Å². The van der Waals surface area contributed by atoms with Gasteiger partial charge in [0.25, 0.3) is 0 Å². The lowest BCUT2D eigenvalue weighted by molar-refractivity contribution is -0.0806. The Kier molecular flexibility index (Phi) is 0.963. The molecular formula is C8H14O. The number of hydrogen-bond acceptors (Lipinski definition) is 1. The van der Waals surface area contributed by atoms with E-state index in [1.54, 1.807) is 0 Å². The third kappa shape index (κ3) is 0.644. The molecule has 1 heteroatoms. The van der Waals surface area contributed by atoms with Crippen molar-refractivity contribution < 1.29 is 4.74 Å². The molecule has 52 valence electrons. The number of ether oxygens (including phenoxy) is 1. The molecule has 2 rings (SSSR count). The third-order valence-electron chi connectivity index (χ3n) is 2.77. The molecule has 0 amide bonds. The van der Waals surface area contributed by atoms with Gasteiger partial charge in [0.1, 0.15) is 0 Å². The van der Waals surface area contributed by atoms with Gasteiger partial charge in [0.15, 0.2) is 0 Å². The van der Waals surface area contributed by atoms with Crippen LogP contribution in [0.25, 0.3) is 0 Å². The van der Waals surface area contributed by atoms with Crippen LogP contribution in [0.4, 0.5) is 0 Å². The van der Waals surface area contributed by atoms with E-state index in [0.29, 0.717) is 11.5 Å². The van der Waals surface area contributed by atoms with Crippen LogP contribution in [-0.2, 0) is 4.74 Å². The van der Waals surface area contributed by atoms with E-state index in [-0.39, 0.29) is 0 Å². The van der Waals surface area contributed by atoms with Crippen molar-refractivity contribution in [3.05, 3.63) is 0 Å². The topological polar surface area (TPSA) is 9.23 Å². The van der Waals surface area contributed by atoms with Crippen LogP contribution in [0.3, 0.4) is 0 Å². The zero-order valence-corrected chi connectivity index (χ0v) is 6.18. The summed E-state index contributed by atoms with van der Waals surface area (Å²) in [6.45, 7) is 5.62. The highest BCUT2D eigenvalue weighted by Gasteiger charge is 2.50. The van der Waals surface area contributed by atoms with Crippen molar-refractivity contribution in [2.24, 2.45) is 11.3 Å². The molecule has 0 aromatic heterocycles. The maximum absolute atomic E-state index is 5.57. The second kappa shape index (κ2) is 1.51. The van der Waals surface area contributed by atoms with Gasteiger partial charge in [0.2, 0.25) is 0 Å². The Morgan fingerprint density at radius 2 is 2.22 bits per heavy atom. The first-order valence-electron chi connectivity index (χ1n) is 3.82. The molecule has 2 aliphatic rings. The molecule has 1 heterocycles. The first-order valence-corrected chi connectivity index (χ1v) is 3.82. The predicted octanol–water partition coefficient (Wildman–Crippen LogP) is 1.82. The monoisotopic (exact) mass is 126 g/mol. The summed E-state index contributed by atoms with van der Waals surface area (Å²) in [4.78, 5) is 0. The molecule has 0 spiro atoms. The quantitative estimate of drug-likeness (QED) is 0.481. The van der Waals surface area contributed by atoms with Crippen LogP contribution >= 0.6 is 0 Å². The maximum Gasteiger partial charge on any atom is 0.0655 e. The summed E-state index contributed by atoms with van der Waals surface area (Å²) in [6, 6.07) is 0. The van der Waals surface area contributed by atoms with Crippen LogP contribution in [0.1, 0.15) is 26.7 Å². The van der Waals surface area contributed by atoms with Crippen molar-refractivity contribution in [3.63, 3.8) is 0 Å². The molecule has 9 heavy (non-hydrogen) atoms. The van der Waals surface area contributed by atoms with Crippen LogP contribution in [0.15, 0.2) is 0 Å². The van der Waals surface area contributed by atoms with Gasteiger partial charge in [-0.2, -0.15) is 0 Å². The SMILES string of the molecule is CC1(C)CC2CCOC21. The van der Waals surface area contributed by atoms with E-state index in [2.05, 4.69) is 13.8 Å². The summed E-state index contributed by atoms with van der Waals surface area (Å²) in [7, 11) is 0. The van der Waals surface area contributed by atoms with E-state index in [1.165, 1.54) is 12.8 Å². The molecular weight excluding hydrogens is 112 g/mol. The van der Waals surface area contributed by atoms with Gasteiger partial charge < -0.3 is 4.74 Å². The summed E-state index contributed by atoms with van der Waals surface area (Å²) in [6.07, 6.45) is 3.31. The van der Waals surface area contributed by atoms with Crippen molar-refractivity contribution in [2.45, 2.75) is 32.8 Å². The lowest BCUT2D eigenvalue weighted by atomic mass is 9.62. The fraction of sp³-hybridized carbons (Fsp3) is 1.00. The summed E-state index contributed by atoms with van der Waals surface area (Å²) >= 11 is 0. The largest absolute Gasteiger partial charge is 0.377 e. The fourth-order valence-corrected chi connectivity index (χ4v) is 2.34. The second-order valence-electron chi connectivity index (χ2n) is 4.03. The molecule has 2 unspecified atom stereocenters. The number of rotatable bonds is 0. The Bertz CT molecular complexity index is 129. The second-order valence-corrected chi connectivity index (χ2v) is 4.03. The molecule has 0 aromatic carbocycles. The highest BCUT2D eigenvalue weighted by Crippen LogP contribution is 2.51. The van der Waals surface area contributed by atoms with Crippen LogP contribution in [-0.4, -0.2) is 12.7 Å². The molecule has 1 saturated carbocycles. The van der Waals surface area contributed by atoms with Crippen LogP contribution in [0.5, 0.6) is 0 Å². The van der Waals surface area contributed by atoms with E-state index in [1.807, 2.05) is 0 Å². The minimum atomic E-state index is 0.501. The molecule has 0 aromatic rings. The van der Waals surface area contributed by atoms with E-state index in [4.69, 9.17) is 4.74 Å². The fourth-order valence-electron chi connectivity index (χ4n) is 2.34. The Morgan fingerprint density at radius 1 is 1.44 bits per heavy atom. The van der Waals surface area contributed by atoms with Gasteiger partial charge in [-0.3, -0.25) is 0 Å². The Morgan fingerprint density at radius 3 is 2.67 bits per heavy atom. The Hall–Kier alpha value is -0.0400. The Balaban J connectivity index is 2.09. The van der Waals surface area contributed by atoms with E-state index in [0.717, 1.165) is 12.5 Å². The van der Waals surface area contributed by atoms with Gasteiger partial charge >= 0.3 is 0 Å². The van der Waals surface area contributed by atoms with Crippen molar-refractivity contribution in [3.8, 4) is 0 Å². The first-order chi connectivity index (χ1) is 4.20. The van der Waals surface area contributed by atoms with Crippen LogP contribution < -0.4 is 0 Å². The zero-order chi connectivity index (χ0) is 6.48. The van der Waals surface area contributed by atoms with Crippen LogP contribution in [0, 0.1) is 11.3 Å². The van der Waals surface area contributed by atoms with Crippen molar-refractivity contribution in [1.82, 2.24) is 0 Å². The molecule has 1 saturated heterocycles. The van der Waals surface area contributed by atoms with E-state index < -0.39 is 0 Å². The molecule has 2 atom stereocenters. The summed E-state index contributed by atoms with van der Waals surface area (Å²) in [5.41, 5.74) is 0.501. The highest BCUT2D eigenvalue weighted by molar-refractivity contribution is 4.99. The minimum absolute atomic E-state index is 0.501. The average molecular weight is 126 g/mol. The number of hydrogen-bond donors (Lipinski definition) is 0. The average Bonchev–Trinajstić information content (AvgIpc) is 2.10. The van der Waals surface area contributed by atoms with Gasteiger partial charge in [0.05, 0.1) is 6.10 Å². The summed E-state index contributed by atoms with van der Waals surface area (Å²) in [5.74, 6) is 0.917. The molecule has 0 bridgehead atoms. The van der Waals surface area contributed by atoms with Crippen LogP contribution in [0.2, 0.25) is 0 Å². The zero-order valence-electron chi connectivity index (χ0n) is 6.18. The van der Waals surface area contributed by atoms with Crippen molar-refractivity contribution in [2.75, 3.05) is 6.61 Å². The standard InChI is InChI=1S/C8H14O/c1-8(2)5-6-3-4-9-7(6)8/h6-7H,3-5H2,1-2H3. The van der Waals surface area contributed by atoms with Crippen molar-refractivity contribution >= 4 is 0 Å². The molecule has 0 N–H and O–H groups in total. The normalized spacial score (nSPS) is 46.0. The smallest absolute Gasteiger partial charge is 0.0655 e. The summed E-state index contributed by atoms with van der Waals surface area (Å²) in [5, 5.41) is 0. The van der Waals surface area contributed by atoms with E-state index >= 15 is 0 Å². The maximum atomic E-state index is 5.57. The molecule has 2 fully saturated rings. The lowest BCUT2D eigenvalue weighted by Gasteiger charge is -2.46. The van der Waals surface area contributed by atoms with Gasteiger partial charge in [-0.1, -0.05) is 13.8 Å².